The largest absolute Gasteiger partial charge is 0.304 e. The van der Waals surface area contributed by atoms with Gasteiger partial charge in [-0.2, -0.15) is 5.10 Å². The van der Waals surface area contributed by atoms with Crippen LogP contribution in [0.25, 0.3) is 0 Å². The van der Waals surface area contributed by atoms with Gasteiger partial charge < -0.3 is 5.32 Å². The number of para-hydroxylation sites is 1. The van der Waals surface area contributed by atoms with Crippen molar-refractivity contribution in [1.82, 2.24) is 15.2 Å². The molecular formula is C21H18Cl2N6O2. The fourth-order valence-electron chi connectivity index (χ4n) is 3.08. The number of anilines is 2. The number of benzene rings is 2. The predicted octanol–water partition coefficient (Wildman–Crippen LogP) is 3.52. The van der Waals surface area contributed by atoms with E-state index in [0.717, 1.165) is 5.56 Å². The number of aliphatic imine (C=N–C) groups is 1. The summed E-state index contributed by atoms with van der Waals surface area (Å²) < 4.78 is 1.59. The number of amidine groups is 1. The second-order valence-corrected chi connectivity index (χ2v) is 7.60. The quantitative estimate of drug-likeness (QED) is 0.614. The van der Waals surface area contributed by atoms with Crippen molar-refractivity contribution in [1.29, 1.82) is 0 Å². The van der Waals surface area contributed by atoms with Crippen molar-refractivity contribution in [2.45, 2.75) is 19.5 Å². The van der Waals surface area contributed by atoms with Crippen LogP contribution in [0, 0.1) is 0 Å². The maximum Gasteiger partial charge on any atom is 0.293 e. The molecule has 0 aliphatic carbocycles. The Balaban J connectivity index is 1.52. The van der Waals surface area contributed by atoms with Crippen molar-refractivity contribution in [2.75, 3.05) is 10.3 Å². The molecule has 0 bridgehead atoms. The number of hydrogen-bond acceptors (Lipinski definition) is 5. The summed E-state index contributed by atoms with van der Waals surface area (Å²) in [5, 5.41) is 9.21. The second kappa shape index (κ2) is 8.79. The number of carbonyl (C=O) groups is 2. The summed E-state index contributed by atoms with van der Waals surface area (Å²) in [6.45, 7) is 1.95. The Morgan fingerprint density at radius 2 is 1.90 bits per heavy atom. The molecule has 1 aliphatic rings. The van der Waals surface area contributed by atoms with Crippen LogP contribution >= 0.6 is 23.2 Å². The van der Waals surface area contributed by atoms with Gasteiger partial charge in [0.2, 0.25) is 5.84 Å². The summed E-state index contributed by atoms with van der Waals surface area (Å²) in [6.07, 6.45) is 1.56. The first-order valence-electron chi connectivity index (χ1n) is 9.43. The van der Waals surface area contributed by atoms with E-state index in [4.69, 9.17) is 23.2 Å². The molecule has 2 N–H and O–H groups in total. The fourth-order valence-corrected chi connectivity index (χ4v) is 3.46. The summed E-state index contributed by atoms with van der Waals surface area (Å²) in [4.78, 5) is 29.6. The molecule has 1 aliphatic heterocycles. The lowest BCUT2D eigenvalue weighted by molar-refractivity contribution is -0.120. The summed E-state index contributed by atoms with van der Waals surface area (Å²) in [5.41, 5.74) is 4.17. The van der Waals surface area contributed by atoms with Gasteiger partial charge in [-0.05, 0) is 30.7 Å². The molecule has 2 amide bonds. The predicted molar refractivity (Wildman–Crippen MR) is 120 cm³/mol. The van der Waals surface area contributed by atoms with Crippen molar-refractivity contribution < 1.29 is 9.59 Å². The van der Waals surface area contributed by atoms with Crippen LogP contribution in [0.1, 0.15) is 12.5 Å². The molecule has 1 aromatic heterocycles. The van der Waals surface area contributed by atoms with Gasteiger partial charge in [0, 0.05) is 6.07 Å². The smallest absolute Gasteiger partial charge is 0.293 e. The Labute approximate surface area is 188 Å². The highest BCUT2D eigenvalue weighted by Gasteiger charge is 2.31. The molecule has 31 heavy (non-hydrogen) atoms. The zero-order valence-electron chi connectivity index (χ0n) is 16.4. The highest BCUT2D eigenvalue weighted by Crippen LogP contribution is 2.26. The Bertz CT molecular complexity index is 1160. The van der Waals surface area contributed by atoms with Crippen molar-refractivity contribution in [3.63, 3.8) is 0 Å². The van der Waals surface area contributed by atoms with Crippen molar-refractivity contribution in [3.8, 4) is 0 Å². The minimum atomic E-state index is -0.711. The lowest BCUT2D eigenvalue weighted by Gasteiger charge is -2.30. The van der Waals surface area contributed by atoms with Crippen LogP contribution in [0.4, 0.5) is 11.5 Å². The molecule has 0 radical (unpaired) electrons. The third kappa shape index (κ3) is 4.40. The Morgan fingerprint density at radius 1 is 1.13 bits per heavy atom. The lowest BCUT2D eigenvalue weighted by atomic mass is 10.2. The fraction of sp³-hybridized carbons (Fsp3) is 0.143. The van der Waals surface area contributed by atoms with E-state index in [0.29, 0.717) is 28.1 Å². The maximum atomic E-state index is 12.9. The molecule has 2 aromatic carbocycles. The van der Waals surface area contributed by atoms with E-state index in [1.165, 1.54) is 5.01 Å². The van der Waals surface area contributed by atoms with E-state index in [1.54, 1.807) is 60.3 Å². The number of rotatable bonds is 5. The topological polar surface area (TPSA) is 91.6 Å². The van der Waals surface area contributed by atoms with Crippen LogP contribution < -0.4 is 15.8 Å². The molecule has 1 unspecified atom stereocenters. The number of halogens is 2. The van der Waals surface area contributed by atoms with Crippen LogP contribution in [0.5, 0.6) is 0 Å². The molecule has 1 atom stereocenters. The molecule has 2 heterocycles. The summed E-state index contributed by atoms with van der Waals surface area (Å²) >= 11 is 12.3. The minimum absolute atomic E-state index is 0.0180. The highest BCUT2D eigenvalue weighted by atomic mass is 35.5. The van der Waals surface area contributed by atoms with Crippen LogP contribution in [0.3, 0.4) is 0 Å². The number of hydrazine groups is 1. The molecule has 0 saturated carbocycles. The SMILES string of the molecule is CC1N=C(C(=O)Nc2ccnn2Cc2cccc(Cl)c2Cl)NN(c2ccccc2)C1=O. The van der Waals surface area contributed by atoms with E-state index in [2.05, 4.69) is 20.8 Å². The average Bonchev–Trinajstić information content (AvgIpc) is 3.20. The normalized spacial score (nSPS) is 16.0. The van der Waals surface area contributed by atoms with Gasteiger partial charge in [0.25, 0.3) is 11.8 Å². The number of nitrogens with zero attached hydrogens (tertiary/aromatic N) is 4. The standard InChI is InChI=1S/C21H18Cl2N6O2/c1-13-21(31)29(15-7-3-2-4-8-15)27-19(25-13)20(30)26-17-10-11-24-28(17)12-14-6-5-9-16(22)18(14)23/h2-11,13H,12H2,1H3,(H,25,27)(H,26,30). The number of amides is 2. The number of hydrogen-bond donors (Lipinski definition) is 2. The first-order valence-corrected chi connectivity index (χ1v) is 10.2. The zero-order chi connectivity index (χ0) is 22.0. The Kier molecular flexibility index (Phi) is 5.92. The van der Waals surface area contributed by atoms with Crippen LogP contribution in [0.2, 0.25) is 10.0 Å². The van der Waals surface area contributed by atoms with Crippen molar-refractivity contribution in [3.05, 3.63) is 76.4 Å². The third-order valence-electron chi connectivity index (χ3n) is 4.66. The molecule has 0 fully saturated rings. The van der Waals surface area contributed by atoms with Crippen molar-refractivity contribution >= 4 is 52.4 Å². The molecule has 3 aromatic rings. The number of nitrogens with one attached hydrogen (secondary N) is 2. The molecular weight excluding hydrogens is 439 g/mol. The lowest BCUT2D eigenvalue weighted by Crippen LogP contribution is -2.57. The molecule has 158 valence electrons. The van der Waals surface area contributed by atoms with Gasteiger partial charge >= 0.3 is 0 Å². The third-order valence-corrected chi connectivity index (χ3v) is 5.52. The Morgan fingerprint density at radius 3 is 2.68 bits per heavy atom. The van der Waals surface area contributed by atoms with E-state index in [1.807, 2.05) is 12.1 Å². The van der Waals surface area contributed by atoms with E-state index in [-0.39, 0.29) is 11.7 Å². The van der Waals surface area contributed by atoms with Gasteiger partial charge in [-0.25, -0.2) is 14.7 Å². The van der Waals surface area contributed by atoms with E-state index in [9.17, 15) is 9.59 Å². The van der Waals surface area contributed by atoms with Gasteiger partial charge in [0.05, 0.1) is 28.5 Å². The van der Waals surface area contributed by atoms with E-state index < -0.39 is 11.9 Å². The molecule has 0 spiro atoms. The van der Waals surface area contributed by atoms with Gasteiger partial charge in [0.15, 0.2) is 0 Å². The average molecular weight is 457 g/mol. The first-order chi connectivity index (χ1) is 14.9. The zero-order valence-corrected chi connectivity index (χ0v) is 17.9. The van der Waals surface area contributed by atoms with Gasteiger partial charge in [-0.3, -0.25) is 15.0 Å². The molecule has 8 nitrogen and oxygen atoms in total. The molecule has 10 heteroatoms. The van der Waals surface area contributed by atoms with E-state index >= 15 is 0 Å². The van der Waals surface area contributed by atoms with Crippen LogP contribution in [-0.2, 0) is 16.1 Å². The Hall–Kier alpha value is -3.36. The summed E-state index contributed by atoms with van der Waals surface area (Å²) in [5.74, 6) is -0.298. The summed E-state index contributed by atoms with van der Waals surface area (Å²) in [6, 6.07) is 15.3. The first kappa shape index (κ1) is 20.9. The van der Waals surface area contributed by atoms with Crippen LogP contribution in [-0.4, -0.2) is 33.5 Å². The molecule has 0 saturated heterocycles. The summed E-state index contributed by atoms with van der Waals surface area (Å²) in [7, 11) is 0. The maximum absolute atomic E-state index is 12.9. The van der Waals surface area contributed by atoms with Crippen molar-refractivity contribution in [2.24, 2.45) is 4.99 Å². The number of aromatic nitrogens is 2. The second-order valence-electron chi connectivity index (χ2n) is 6.82. The van der Waals surface area contributed by atoms with Gasteiger partial charge in [-0.15, -0.1) is 0 Å². The molecule has 4 rings (SSSR count). The minimum Gasteiger partial charge on any atom is -0.304 e. The number of carbonyl (C=O) groups excluding carboxylic acids is 2. The van der Waals surface area contributed by atoms with Crippen LogP contribution in [0.15, 0.2) is 65.8 Å². The van der Waals surface area contributed by atoms with Gasteiger partial charge in [-0.1, -0.05) is 53.5 Å². The van der Waals surface area contributed by atoms with Gasteiger partial charge in [0.1, 0.15) is 11.9 Å². The highest BCUT2D eigenvalue weighted by molar-refractivity contribution is 6.43. The monoisotopic (exact) mass is 456 g/mol.